The molecule has 3 aromatic rings. The van der Waals surface area contributed by atoms with E-state index in [1.807, 2.05) is 48.5 Å². The lowest BCUT2D eigenvalue weighted by atomic mass is 10.2. The van der Waals surface area contributed by atoms with Crippen molar-refractivity contribution in [2.75, 3.05) is 47.8 Å². The van der Waals surface area contributed by atoms with Gasteiger partial charge in [0.1, 0.15) is 41.8 Å². The lowest BCUT2D eigenvalue weighted by Gasteiger charge is -2.15. The van der Waals surface area contributed by atoms with E-state index in [0.29, 0.717) is 37.9 Å². The minimum atomic E-state index is -0.543. The van der Waals surface area contributed by atoms with E-state index in [1.54, 1.807) is 32.4 Å². The standard InChI is InChI=1S/C28H32O8/c1-30-23-11-7-21(8-12-23)19-33-15-17-35-25-5-4-6-26(27(25)28(29)32-3)36-18-16-34-20-22-9-13-24(31-2)14-10-22/h4-14H,15-20H2,1-3H3. The van der Waals surface area contributed by atoms with Gasteiger partial charge in [0.15, 0.2) is 0 Å². The first-order valence-electron chi connectivity index (χ1n) is 11.5. The predicted molar refractivity (Wildman–Crippen MR) is 134 cm³/mol. The highest BCUT2D eigenvalue weighted by molar-refractivity contribution is 5.95. The minimum absolute atomic E-state index is 0.227. The van der Waals surface area contributed by atoms with E-state index in [-0.39, 0.29) is 18.8 Å². The molecule has 0 amide bonds. The van der Waals surface area contributed by atoms with Gasteiger partial charge in [0.2, 0.25) is 0 Å². The van der Waals surface area contributed by atoms with Crippen LogP contribution in [0.25, 0.3) is 0 Å². The second-order valence-corrected chi connectivity index (χ2v) is 7.62. The van der Waals surface area contributed by atoms with Gasteiger partial charge in [-0.2, -0.15) is 0 Å². The van der Waals surface area contributed by atoms with Crippen LogP contribution < -0.4 is 18.9 Å². The molecule has 0 spiro atoms. The molecule has 0 heterocycles. The zero-order chi connectivity index (χ0) is 25.6. The highest BCUT2D eigenvalue weighted by Crippen LogP contribution is 2.29. The van der Waals surface area contributed by atoms with E-state index >= 15 is 0 Å². The number of ether oxygens (including phenoxy) is 7. The third-order valence-electron chi connectivity index (χ3n) is 5.20. The monoisotopic (exact) mass is 496 g/mol. The molecule has 3 aromatic carbocycles. The van der Waals surface area contributed by atoms with Gasteiger partial charge in [0, 0.05) is 0 Å². The van der Waals surface area contributed by atoms with Crippen molar-refractivity contribution < 1.29 is 38.0 Å². The number of carbonyl (C=O) groups is 1. The van der Waals surface area contributed by atoms with Crippen molar-refractivity contribution in [1.29, 1.82) is 0 Å². The van der Waals surface area contributed by atoms with Gasteiger partial charge in [-0.3, -0.25) is 0 Å². The van der Waals surface area contributed by atoms with Crippen LogP contribution in [0.5, 0.6) is 23.0 Å². The van der Waals surface area contributed by atoms with E-state index in [4.69, 9.17) is 33.2 Å². The summed E-state index contributed by atoms with van der Waals surface area (Å²) >= 11 is 0. The third-order valence-corrected chi connectivity index (χ3v) is 5.20. The first kappa shape index (κ1) is 26.8. The summed E-state index contributed by atoms with van der Waals surface area (Å²) < 4.78 is 38.2. The lowest BCUT2D eigenvalue weighted by molar-refractivity contribution is 0.0575. The van der Waals surface area contributed by atoms with Gasteiger partial charge in [-0.25, -0.2) is 4.79 Å². The Hall–Kier alpha value is -3.75. The van der Waals surface area contributed by atoms with Crippen molar-refractivity contribution in [3.8, 4) is 23.0 Å². The molecule has 0 N–H and O–H groups in total. The molecule has 192 valence electrons. The van der Waals surface area contributed by atoms with E-state index < -0.39 is 5.97 Å². The summed E-state index contributed by atoms with van der Waals surface area (Å²) in [6.07, 6.45) is 0. The van der Waals surface area contributed by atoms with Crippen LogP contribution in [0.2, 0.25) is 0 Å². The summed E-state index contributed by atoms with van der Waals surface area (Å²) in [5.74, 6) is 1.78. The molecule has 0 unspecified atom stereocenters. The molecule has 0 aromatic heterocycles. The van der Waals surface area contributed by atoms with Gasteiger partial charge < -0.3 is 33.2 Å². The summed E-state index contributed by atoms with van der Waals surface area (Å²) in [6.45, 7) is 2.09. The maximum atomic E-state index is 12.4. The highest BCUT2D eigenvalue weighted by Gasteiger charge is 2.19. The summed E-state index contributed by atoms with van der Waals surface area (Å²) in [5, 5.41) is 0. The Kier molecular flexibility index (Phi) is 10.9. The van der Waals surface area contributed by atoms with Crippen molar-refractivity contribution >= 4 is 5.97 Å². The molecule has 8 heteroatoms. The molecule has 0 aliphatic rings. The maximum absolute atomic E-state index is 12.4. The Balaban J connectivity index is 1.46. The Morgan fingerprint density at radius 2 is 1.06 bits per heavy atom. The van der Waals surface area contributed by atoms with Gasteiger partial charge in [-0.15, -0.1) is 0 Å². The predicted octanol–water partition coefficient (Wildman–Crippen LogP) is 4.68. The first-order chi connectivity index (χ1) is 17.6. The summed E-state index contributed by atoms with van der Waals surface area (Å²) in [4.78, 5) is 12.4. The molecular weight excluding hydrogens is 464 g/mol. The van der Waals surface area contributed by atoms with Gasteiger partial charge in [-0.1, -0.05) is 30.3 Å². The molecule has 0 aliphatic carbocycles. The summed E-state index contributed by atoms with van der Waals surface area (Å²) in [6, 6.07) is 20.4. The number of carbonyl (C=O) groups excluding carboxylic acids is 1. The lowest BCUT2D eigenvalue weighted by Crippen LogP contribution is -2.13. The molecule has 0 bridgehead atoms. The fourth-order valence-electron chi connectivity index (χ4n) is 3.30. The molecular formula is C28H32O8. The molecule has 8 nitrogen and oxygen atoms in total. The second kappa shape index (κ2) is 14.6. The fraction of sp³-hybridized carbons (Fsp3) is 0.321. The average Bonchev–Trinajstić information content (AvgIpc) is 2.93. The normalized spacial score (nSPS) is 10.5. The zero-order valence-electron chi connectivity index (χ0n) is 20.9. The van der Waals surface area contributed by atoms with Gasteiger partial charge in [-0.05, 0) is 47.5 Å². The Bertz CT molecular complexity index is 988. The SMILES string of the molecule is COC(=O)c1c(OCCOCc2ccc(OC)cc2)cccc1OCCOCc1ccc(OC)cc1. The minimum Gasteiger partial charge on any atom is -0.497 e. The van der Waals surface area contributed by atoms with Crippen molar-refractivity contribution in [2.45, 2.75) is 13.2 Å². The molecule has 36 heavy (non-hydrogen) atoms. The topological polar surface area (TPSA) is 81.7 Å². The van der Waals surface area contributed by atoms with Crippen LogP contribution in [0.15, 0.2) is 66.7 Å². The molecule has 0 fully saturated rings. The van der Waals surface area contributed by atoms with Crippen molar-refractivity contribution in [3.63, 3.8) is 0 Å². The Labute approximate surface area is 211 Å². The quantitative estimate of drug-likeness (QED) is 0.222. The number of methoxy groups -OCH3 is 3. The number of hydrogen-bond acceptors (Lipinski definition) is 8. The smallest absolute Gasteiger partial charge is 0.345 e. The molecule has 0 radical (unpaired) electrons. The number of hydrogen-bond donors (Lipinski definition) is 0. The van der Waals surface area contributed by atoms with Crippen LogP contribution in [0.1, 0.15) is 21.5 Å². The number of esters is 1. The van der Waals surface area contributed by atoms with Gasteiger partial charge in [0.05, 0.1) is 47.8 Å². The highest BCUT2D eigenvalue weighted by atomic mass is 16.5. The molecule has 0 aliphatic heterocycles. The Morgan fingerprint density at radius 1 is 0.611 bits per heavy atom. The maximum Gasteiger partial charge on any atom is 0.345 e. The van der Waals surface area contributed by atoms with Crippen LogP contribution in [-0.2, 0) is 27.4 Å². The van der Waals surface area contributed by atoms with E-state index in [2.05, 4.69) is 0 Å². The van der Waals surface area contributed by atoms with Gasteiger partial charge in [0.25, 0.3) is 0 Å². The second-order valence-electron chi connectivity index (χ2n) is 7.62. The van der Waals surface area contributed by atoms with Crippen LogP contribution in [0.4, 0.5) is 0 Å². The fourth-order valence-corrected chi connectivity index (χ4v) is 3.30. The molecule has 0 atom stereocenters. The summed E-state index contributed by atoms with van der Waals surface area (Å²) in [5.41, 5.74) is 2.27. The van der Waals surface area contributed by atoms with E-state index in [9.17, 15) is 4.79 Å². The largest absolute Gasteiger partial charge is 0.497 e. The van der Waals surface area contributed by atoms with Crippen LogP contribution in [0.3, 0.4) is 0 Å². The van der Waals surface area contributed by atoms with E-state index in [0.717, 1.165) is 22.6 Å². The van der Waals surface area contributed by atoms with Crippen LogP contribution in [0, 0.1) is 0 Å². The Morgan fingerprint density at radius 3 is 1.44 bits per heavy atom. The zero-order valence-corrected chi connectivity index (χ0v) is 20.9. The summed E-state index contributed by atoms with van der Waals surface area (Å²) in [7, 11) is 4.57. The third kappa shape index (κ3) is 8.18. The van der Waals surface area contributed by atoms with Crippen LogP contribution in [-0.4, -0.2) is 53.7 Å². The van der Waals surface area contributed by atoms with Crippen molar-refractivity contribution in [2.24, 2.45) is 0 Å². The average molecular weight is 497 g/mol. The number of benzene rings is 3. The van der Waals surface area contributed by atoms with Crippen LogP contribution >= 0.6 is 0 Å². The van der Waals surface area contributed by atoms with Crippen molar-refractivity contribution in [3.05, 3.63) is 83.4 Å². The molecule has 3 rings (SSSR count). The molecule has 0 saturated heterocycles. The molecule has 0 saturated carbocycles. The number of rotatable bonds is 15. The van der Waals surface area contributed by atoms with E-state index in [1.165, 1.54) is 7.11 Å². The van der Waals surface area contributed by atoms with Crippen molar-refractivity contribution in [1.82, 2.24) is 0 Å². The first-order valence-corrected chi connectivity index (χ1v) is 11.5. The van der Waals surface area contributed by atoms with Gasteiger partial charge >= 0.3 is 5.97 Å².